The Morgan fingerprint density at radius 1 is 1.29 bits per heavy atom. The molecule has 1 rings (SSSR count). The Bertz CT molecular complexity index is 168. The van der Waals surface area contributed by atoms with E-state index in [0.717, 1.165) is 6.54 Å². The zero-order chi connectivity index (χ0) is 10.8. The molecular formula is C12H25NO. The lowest BCUT2D eigenvalue weighted by Gasteiger charge is -2.32. The number of hydrogen-bond donors (Lipinski definition) is 1. The van der Waals surface area contributed by atoms with Gasteiger partial charge >= 0.3 is 0 Å². The van der Waals surface area contributed by atoms with Gasteiger partial charge in [-0.3, -0.25) is 0 Å². The highest BCUT2D eigenvalue weighted by Crippen LogP contribution is 2.25. The van der Waals surface area contributed by atoms with Crippen LogP contribution in [0.4, 0.5) is 0 Å². The molecular weight excluding hydrogens is 174 g/mol. The average Bonchev–Trinajstić information content (AvgIpc) is 2.53. The van der Waals surface area contributed by atoms with E-state index in [1.807, 2.05) is 0 Å². The van der Waals surface area contributed by atoms with Gasteiger partial charge in [0.1, 0.15) is 0 Å². The van der Waals surface area contributed by atoms with Crippen LogP contribution in [-0.4, -0.2) is 35.7 Å². The van der Waals surface area contributed by atoms with Crippen molar-refractivity contribution < 1.29 is 5.11 Å². The molecule has 0 amide bonds. The van der Waals surface area contributed by atoms with Crippen LogP contribution < -0.4 is 0 Å². The highest BCUT2D eigenvalue weighted by atomic mass is 16.3. The van der Waals surface area contributed by atoms with E-state index in [1.54, 1.807) is 0 Å². The summed E-state index contributed by atoms with van der Waals surface area (Å²) in [4.78, 5) is 2.34. The second kappa shape index (κ2) is 4.63. The molecule has 1 aliphatic carbocycles. The average molecular weight is 199 g/mol. The van der Waals surface area contributed by atoms with Crippen molar-refractivity contribution in [3.8, 4) is 0 Å². The molecule has 0 aromatic carbocycles. The first-order chi connectivity index (χ1) is 6.41. The topological polar surface area (TPSA) is 23.5 Å². The summed E-state index contributed by atoms with van der Waals surface area (Å²) < 4.78 is 0. The first-order valence-electron chi connectivity index (χ1n) is 5.79. The lowest BCUT2D eigenvalue weighted by atomic mass is 9.88. The van der Waals surface area contributed by atoms with E-state index in [4.69, 9.17) is 0 Å². The molecule has 1 aliphatic rings. The second-order valence-electron chi connectivity index (χ2n) is 5.76. The van der Waals surface area contributed by atoms with Crippen LogP contribution in [0.25, 0.3) is 0 Å². The fourth-order valence-corrected chi connectivity index (χ4v) is 2.04. The van der Waals surface area contributed by atoms with Gasteiger partial charge < -0.3 is 10.0 Å². The van der Waals surface area contributed by atoms with E-state index in [9.17, 15) is 5.11 Å². The molecule has 0 aromatic heterocycles. The first kappa shape index (κ1) is 12.0. The minimum Gasteiger partial charge on any atom is -0.391 e. The molecule has 0 bridgehead atoms. The Morgan fingerprint density at radius 2 is 1.79 bits per heavy atom. The van der Waals surface area contributed by atoms with E-state index >= 15 is 0 Å². The third-order valence-corrected chi connectivity index (χ3v) is 3.41. The summed E-state index contributed by atoms with van der Waals surface area (Å²) in [5, 5.41) is 9.97. The van der Waals surface area contributed by atoms with E-state index in [2.05, 4.69) is 32.7 Å². The molecule has 0 aliphatic heterocycles. The summed E-state index contributed by atoms with van der Waals surface area (Å²) in [6.07, 6.45) is 5.13. The number of likely N-dealkylation sites (N-methyl/N-ethyl adjacent to an activating group) is 1. The fourth-order valence-electron chi connectivity index (χ4n) is 2.04. The molecule has 1 unspecified atom stereocenters. The normalized spacial score (nSPS) is 21.9. The molecule has 2 nitrogen and oxygen atoms in total. The first-order valence-corrected chi connectivity index (χ1v) is 5.79. The summed E-state index contributed by atoms with van der Waals surface area (Å²) >= 11 is 0. The monoisotopic (exact) mass is 199 g/mol. The van der Waals surface area contributed by atoms with Gasteiger partial charge in [0, 0.05) is 12.6 Å². The minimum absolute atomic E-state index is 0.00681. The number of nitrogens with zero attached hydrogens (tertiary/aromatic N) is 1. The van der Waals surface area contributed by atoms with Gasteiger partial charge in [-0.1, -0.05) is 33.6 Å². The van der Waals surface area contributed by atoms with Crippen LogP contribution in [0.15, 0.2) is 0 Å². The molecule has 0 heterocycles. The molecule has 84 valence electrons. The van der Waals surface area contributed by atoms with Crippen molar-refractivity contribution in [3.05, 3.63) is 0 Å². The third kappa shape index (κ3) is 3.25. The van der Waals surface area contributed by atoms with Gasteiger partial charge in [-0.05, 0) is 25.3 Å². The Hall–Kier alpha value is -0.0800. The van der Waals surface area contributed by atoms with Crippen LogP contribution in [0.2, 0.25) is 0 Å². The van der Waals surface area contributed by atoms with Gasteiger partial charge in [-0.15, -0.1) is 0 Å². The van der Waals surface area contributed by atoms with E-state index in [1.165, 1.54) is 25.7 Å². The maximum Gasteiger partial charge on any atom is 0.0715 e. The zero-order valence-electron chi connectivity index (χ0n) is 10.1. The molecule has 0 radical (unpaired) electrons. The van der Waals surface area contributed by atoms with Crippen LogP contribution in [-0.2, 0) is 0 Å². The number of rotatable bonds is 3. The summed E-state index contributed by atoms with van der Waals surface area (Å²) in [7, 11) is 2.14. The van der Waals surface area contributed by atoms with Crippen LogP contribution >= 0.6 is 0 Å². The standard InChI is InChI=1S/C12H25NO/c1-12(2,3)11(14)9-13(4)10-7-5-6-8-10/h10-11,14H,5-9H2,1-4H3. The van der Waals surface area contributed by atoms with Crippen LogP contribution in [0.3, 0.4) is 0 Å². The fraction of sp³-hybridized carbons (Fsp3) is 1.00. The molecule has 1 atom stereocenters. The highest BCUT2D eigenvalue weighted by molar-refractivity contribution is 4.80. The third-order valence-electron chi connectivity index (χ3n) is 3.41. The quantitative estimate of drug-likeness (QED) is 0.753. The molecule has 0 saturated heterocycles. The second-order valence-corrected chi connectivity index (χ2v) is 5.76. The van der Waals surface area contributed by atoms with Gasteiger partial charge in [-0.25, -0.2) is 0 Å². The number of aliphatic hydroxyl groups is 1. The van der Waals surface area contributed by atoms with Crippen molar-refractivity contribution in [1.82, 2.24) is 4.90 Å². The minimum atomic E-state index is -0.215. The predicted molar refractivity (Wildman–Crippen MR) is 60.3 cm³/mol. The van der Waals surface area contributed by atoms with Gasteiger partial charge in [0.15, 0.2) is 0 Å². The zero-order valence-corrected chi connectivity index (χ0v) is 10.1. The van der Waals surface area contributed by atoms with Gasteiger partial charge in [0.25, 0.3) is 0 Å². The Labute approximate surface area is 88.3 Å². The van der Waals surface area contributed by atoms with Crippen molar-refractivity contribution in [1.29, 1.82) is 0 Å². The molecule has 0 aromatic rings. The van der Waals surface area contributed by atoms with E-state index in [-0.39, 0.29) is 11.5 Å². The molecule has 1 fully saturated rings. The van der Waals surface area contributed by atoms with Gasteiger partial charge in [0.05, 0.1) is 6.10 Å². The lowest BCUT2D eigenvalue weighted by molar-refractivity contribution is 0.0250. The smallest absolute Gasteiger partial charge is 0.0715 e. The maximum atomic E-state index is 9.97. The Morgan fingerprint density at radius 3 is 2.21 bits per heavy atom. The molecule has 1 N–H and O–H groups in total. The summed E-state index contributed by atoms with van der Waals surface area (Å²) in [5.74, 6) is 0. The molecule has 2 heteroatoms. The predicted octanol–water partition coefficient (Wildman–Crippen LogP) is 2.27. The van der Waals surface area contributed by atoms with Crippen LogP contribution in [0, 0.1) is 5.41 Å². The Kier molecular flexibility index (Phi) is 3.96. The van der Waals surface area contributed by atoms with Crippen LogP contribution in [0.5, 0.6) is 0 Å². The largest absolute Gasteiger partial charge is 0.391 e. The van der Waals surface area contributed by atoms with Crippen molar-refractivity contribution in [2.24, 2.45) is 5.41 Å². The number of hydrogen-bond acceptors (Lipinski definition) is 2. The Balaban J connectivity index is 2.35. The van der Waals surface area contributed by atoms with Crippen molar-refractivity contribution in [3.63, 3.8) is 0 Å². The van der Waals surface area contributed by atoms with Crippen molar-refractivity contribution in [2.45, 2.75) is 58.6 Å². The number of aliphatic hydroxyl groups excluding tert-OH is 1. The van der Waals surface area contributed by atoms with E-state index in [0.29, 0.717) is 6.04 Å². The van der Waals surface area contributed by atoms with Crippen molar-refractivity contribution >= 4 is 0 Å². The molecule has 1 saturated carbocycles. The lowest BCUT2D eigenvalue weighted by Crippen LogP contribution is -2.41. The van der Waals surface area contributed by atoms with Crippen LogP contribution in [0.1, 0.15) is 46.5 Å². The maximum absolute atomic E-state index is 9.97. The molecule has 0 spiro atoms. The highest BCUT2D eigenvalue weighted by Gasteiger charge is 2.27. The summed E-state index contributed by atoms with van der Waals surface area (Å²) in [6, 6.07) is 0.715. The SMILES string of the molecule is CN(CC(O)C(C)(C)C)C1CCCC1. The van der Waals surface area contributed by atoms with Gasteiger partial charge in [0.2, 0.25) is 0 Å². The van der Waals surface area contributed by atoms with E-state index < -0.39 is 0 Å². The van der Waals surface area contributed by atoms with Gasteiger partial charge in [-0.2, -0.15) is 0 Å². The molecule has 14 heavy (non-hydrogen) atoms. The van der Waals surface area contributed by atoms with Crippen molar-refractivity contribution in [2.75, 3.05) is 13.6 Å². The summed E-state index contributed by atoms with van der Waals surface area (Å²) in [5.41, 5.74) is 0.00681. The summed E-state index contributed by atoms with van der Waals surface area (Å²) in [6.45, 7) is 7.11.